The van der Waals surface area contributed by atoms with Crippen LogP contribution in [0.15, 0.2) is 46.1 Å². The first kappa shape index (κ1) is 15.9. The number of methoxy groups -OCH3 is 1. The zero-order chi connectivity index (χ0) is 15.5. The third-order valence-electron chi connectivity index (χ3n) is 2.89. The summed E-state index contributed by atoms with van der Waals surface area (Å²) in [4.78, 5) is 0.0246. The molecular weight excluding hydrogens is 314 g/mol. The predicted octanol–water partition coefficient (Wildman–Crippen LogP) is 2.85. The lowest BCUT2D eigenvalue weighted by atomic mass is 10.1. The minimum absolute atomic E-state index is 0.0246. The molecule has 1 heterocycles. The highest BCUT2D eigenvalue weighted by molar-refractivity contribution is 7.89. The third-order valence-corrected chi connectivity index (χ3v) is 4.74. The SMILES string of the molecule is COc1ccc(Cl)cc1S(=O)(=O)NC(C)Cc1ccoc1. The molecule has 0 bridgehead atoms. The Morgan fingerprint density at radius 3 is 2.76 bits per heavy atom. The van der Waals surface area contributed by atoms with Crippen molar-refractivity contribution in [2.75, 3.05) is 7.11 Å². The summed E-state index contributed by atoms with van der Waals surface area (Å²) in [6.07, 6.45) is 3.67. The molecule has 0 radical (unpaired) electrons. The van der Waals surface area contributed by atoms with Crippen LogP contribution in [0.25, 0.3) is 0 Å². The largest absolute Gasteiger partial charge is 0.495 e. The number of halogens is 1. The summed E-state index contributed by atoms with van der Waals surface area (Å²) in [5, 5.41) is 0.332. The van der Waals surface area contributed by atoms with E-state index in [-0.39, 0.29) is 16.7 Å². The van der Waals surface area contributed by atoms with E-state index >= 15 is 0 Å². The summed E-state index contributed by atoms with van der Waals surface area (Å²) in [5.74, 6) is 0.252. The number of rotatable bonds is 6. The number of hydrogen-bond acceptors (Lipinski definition) is 4. The van der Waals surface area contributed by atoms with Crippen LogP contribution in [-0.4, -0.2) is 21.6 Å². The quantitative estimate of drug-likeness (QED) is 0.884. The van der Waals surface area contributed by atoms with Crippen molar-refractivity contribution in [1.29, 1.82) is 0 Å². The summed E-state index contributed by atoms with van der Waals surface area (Å²) < 4.78 is 37.5. The molecule has 5 nitrogen and oxygen atoms in total. The van der Waals surface area contributed by atoms with Gasteiger partial charge in [0.2, 0.25) is 10.0 Å². The predicted molar refractivity (Wildman–Crippen MR) is 80.2 cm³/mol. The molecule has 0 aliphatic rings. The Balaban J connectivity index is 2.20. The number of hydrogen-bond donors (Lipinski definition) is 1. The topological polar surface area (TPSA) is 68.5 Å². The molecule has 2 aromatic rings. The average Bonchev–Trinajstić information content (AvgIpc) is 2.90. The standard InChI is InChI=1S/C14H16ClNO4S/c1-10(7-11-5-6-20-9-11)16-21(17,18)14-8-12(15)3-4-13(14)19-2/h3-6,8-10,16H,7H2,1-2H3. The van der Waals surface area contributed by atoms with Gasteiger partial charge in [0.15, 0.2) is 0 Å². The lowest BCUT2D eigenvalue weighted by molar-refractivity contribution is 0.402. The van der Waals surface area contributed by atoms with Crippen molar-refractivity contribution in [2.45, 2.75) is 24.3 Å². The summed E-state index contributed by atoms with van der Waals surface area (Å²) in [7, 11) is -2.30. The maximum absolute atomic E-state index is 12.4. The van der Waals surface area contributed by atoms with E-state index in [9.17, 15) is 8.42 Å². The van der Waals surface area contributed by atoms with Gasteiger partial charge in [0.05, 0.1) is 19.6 Å². The highest BCUT2D eigenvalue weighted by Crippen LogP contribution is 2.27. The van der Waals surface area contributed by atoms with E-state index in [2.05, 4.69) is 4.72 Å². The number of benzene rings is 1. The van der Waals surface area contributed by atoms with Crippen LogP contribution in [-0.2, 0) is 16.4 Å². The van der Waals surface area contributed by atoms with Gasteiger partial charge in [-0.1, -0.05) is 11.6 Å². The molecule has 0 aliphatic heterocycles. The molecule has 1 atom stereocenters. The third kappa shape index (κ3) is 4.00. The first-order valence-corrected chi connectivity index (χ1v) is 8.15. The maximum atomic E-state index is 12.4. The van der Waals surface area contributed by atoms with Crippen molar-refractivity contribution >= 4 is 21.6 Å². The molecule has 0 amide bonds. The Kier molecular flexibility index (Phi) is 4.92. The molecule has 2 rings (SSSR count). The molecule has 0 fully saturated rings. The van der Waals surface area contributed by atoms with E-state index < -0.39 is 10.0 Å². The van der Waals surface area contributed by atoms with Crippen molar-refractivity contribution < 1.29 is 17.6 Å². The molecule has 7 heteroatoms. The van der Waals surface area contributed by atoms with E-state index in [4.69, 9.17) is 20.8 Å². The van der Waals surface area contributed by atoms with Crippen molar-refractivity contribution in [3.8, 4) is 5.75 Å². The molecular formula is C14H16ClNO4S. The van der Waals surface area contributed by atoms with Gasteiger partial charge in [0, 0.05) is 11.1 Å². The van der Waals surface area contributed by atoms with Crippen molar-refractivity contribution in [3.05, 3.63) is 47.4 Å². The van der Waals surface area contributed by atoms with E-state index in [1.54, 1.807) is 31.6 Å². The molecule has 1 unspecified atom stereocenters. The summed E-state index contributed by atoms with van der Waals surface area (Å²) in [6.45, 7) is 1.78. The molecule has 0 aliphatic carbocycles. The van der Waals surface area contributed by atoms with Gasteiger partial charge in [-0.05, 0) is 43.2 Å². The van der Waals surface area contributed by atoms with E-state index in [1.165, 1.54) is 19.2 Å². The second-order valence-corrected chi connectivity index (χ2v) is 6.77. The summed E-state index contributed by atoms with van der Waals surface area (Å²) in [6, 6.07) is 5.97. The lowest BCUT2D eigenvalue weighted by Gasteiger charge is -2.15. The maximum Gasteiger partial charge on any atom is 0.244 e. The molecule has 114 valence electrons. The molecule has 1 aromatic heterocycles. The van der Waals surface area contributed by atoms with Gasteiger partial charge in [-0.2, -0.15) is 0 Å². The Morgan fingerprint density at radius 1 is 1.38 bits per heavy atom. The lowest BCUT2D eigenvalue weighted by Crippen LogP contribution is -2.34. The Bertz CT molecular complexity index is 698. The average molecular weight is 330 g/mol. The fourth-order valence-corrected chi connectivity index (χ4v) is 3.67. The minimum atomic E-state index is -3.72. The van der Waals surface area contributed by atoms with Crippen molar-refractivity contribution in [2.24, 2.45) is 0 Å². The number of ether oxygens (including phenoxy) is 1. The highest BCUT2D eigenvalue weighted by Gasteiger charge is 2.22. The van der Waals surface area contributed by atoms with Gasteiger partial charge in [0.1, 0.15) is 10.6 Å². The number of nitrogens with one attached hydrogen (secondary N) is 1. The van der Waals surface area contributed by atoms with Gasteiger partial charge in [-0.3, -0.25) is 0 Å². The van der Waals surface area contributed by atoms with Crippen LogP contribution in [0, 0.1) is 0 Å². The molecule has 0 spiro atoms. The van der Waals surface area contributed by atoms with Crippen molar-refractivity contribution in [3.63, 3.8) is 0 Å². The van der Waals surface area contributed by atoms with E-state index in [0.29, 0.717) is 11.4 Å². The second kappa shape index (κ2) is 6.51. The van der Waals surface area contributed by atoms with Crippen LogP contribution in [0.5, 0.6) is 5.75 Å². The van der Waals surface area contributed by atoms with Gasteiger partial charge in [-0.15, -0.1) is 0 Å². The second-order valence-electron chi connectivity index (χ2n) is 4.65. The fourth-order valence-electron chi connectivity index (χ4n) is 1.99. The molecule has 0 saturated heterocycles. The number of furan rings is 1. The smallest absolute Gasteiger partial charge is 0.244 e. The fraction of sp³-hybridized carbons (Fsp3) is 0.286. The Labute approximate surface area is 128 Å². The van der Waals surface area contributed by atoms with Crippen LogP contribution in [0.1, 0.15) is 12.5 Å². The Morgan fingerprint density at radius 2 is 2.14 bits per heavy atom. The first-order valence-electron chi connectivity index (χ1n) is 6.29. The van der Waals surface area contributed by atoms with Crippen LogP contribution >= 0.6 is 11.6 Å². The van der Waals surface area contributed by atoms with Crippen molar-refractivity contribution in [1.82, 2.24) is 4.72 Å². The van der Waals surface area contributed by atoms with Gasteiger partial charge >= 0.3 is 0 Å². The van der Waals surface area contributed by atoms with Crippen LogP contribution in [0.3, 0.4) is 0 Å². The summed E-state index contributed by atoms with van der Waals surface area (Å²) >= 11 is 5.87. The molecule has 21 heavy (non-hydrogen) atoms. The van der Waals surface area contributed by atoms with E-state index in [0.717, 1.165) is 5.56 Å². The van der Waals surface area contributed by atoms with Crippen LogP contribution < -0.4 is 9.46 Å². The van der Waals surface area contributed by atoms with Gasteiger partial charge in [0.25, 0.3) is 0 Å². The number of sulfonamides is 1. The normalized spacial score (nSPS) is 13.1. The first-order chi connectivity index (χ1) is 9.92. The van der Waals surface area contributed by atoms with Gasteiger partial charge < -0.3 is 9.15 Å². The zero-order valence-electron chi connectivity index (χ0n) is 11.7. The molecule has 0 saturated carbocycles. The molecule has 1 N–H and O–H groups in total. The van der Waals surface area contributed by atoms with E-state index in [1.807, 2.05) is 0 Å². The van der Waals surface area contributed by atoms with Crippen LogP contribution in [0.2, 0.25) is 5.02 Å². The highest BCUT2D eigenvalue weighted by atomic mass is 35.5. The summed E-state index contributed by atoms with van der Waals surface area (Å²) in [5.41, 5.74) is 0.920. The molecule has 1 aromatic carbocycles. The monoisotopic (exact) mass is 329 g/mol. The van der Waals surface area contributed by atoms with Crippen LogP contribution in [0.4, 0.5) is 0 Å². The Hall–Kier alpha value is -1.50. The zero-order valence-corrected chi connectivity index (χ0v) is 13.2. The minimum Gasteiger partial charge on any atom is -0.495 e. The van der Waals surface area contributed by atoms with Gasteiger partial charge in [-0.25, -0.2) is 13.1 Å².